The molecule has 0 aliphatic heterocycles. The summed E-state index contributed by atoms with van der Waals surface area (Å²) in [5.41, 5.74) is -2.66. The number of nitrogens with zero attached hydrogens (tertiary/aromatic N) is 4. The van der Waals surface area contributed by atoms with E-state index in [1.807, 2.05) is 0 Å². The van der Waals surface area contributed by atoms with Gasteiger partial charge in [-0.05, 0) is 43.0 Å². The van der Waals surface area contributed by atoms with Crippen molar-refractivity contribution in [2.24, 2.45) is 11.3 Å². The van der Waals surface area contributed by atoms with Gasteiger partial charge in [0.2, 0.25) is 0 Å². The summed E-state index contributed by atoms with van der Waals surface area (Å²) in [6.45, 7) is 0.171. The van der Waals surface area contributed by atoms with Gasteiger partial charge in [0, 0.05) is 19.0 Å². The molecule has 0 atom stereocenters. The van der Waals surface area contributed by atoms with Crippen LogP contribution in [0.5, 0.6) is 5.75 Å². The number of rotatable bonds is 12. The molecule has 0 spiro atoms. The second-order valence-corrected chi connectivity index (χ2v) is 10.5. The van der Waals surface area contributed by atoms with Gasteiger partial charge in [0.1, 0.15) is 11.3 Å². The number of Topliss-reactive ketones (excluding diaryl/α,β-unsaturated/α-hetero) is 1. The van der Waals surface area contributed by atoms with Crippen LogP contribution in [0.4, 0.5) is 0 Å². The fourth-order valence-corrected chi connectivity index (χ4v) is 5.40. The lowest BCUT2D eigenvalue weighted by Gasteiger charge is -2.23. The monoisotopic (exact) mass is 562 g/mol. The number of ketones is 1. The third-order valence-corrected chi connectivity index (χ3v) is 7.89. The Bertz CT molecular complexity index is 1640. The third-order valence-electron chi connectivity index (χ3n) is 7.89. The van der Waals surface area contributed by atoms with Gasteiger partial charge in [-0.2, -0.15) is 0 Å². The number of hydrogen-bond acceptors (Lipinski definition) is 9. The molecule has 0 saturated heterocycles. The van der Waals surface area contributed by atoms with E-state index in [4.69, 9.17) is 9.26 Å². The average Bonchev–Trinajstić information content (AvgIpc) is 3.40. The van der Waals surface area contributed by atoms with Crippen molar-refractivity contribution >= 4 is 39.6 Å². The van der Waals surface area contributed by atoms with Crippen molar-refractivity contribution in [3.63, 3.8) is 0 Å². The quantitative estimate of drug-likeness (QED) is 0.188. The number of carbonyl (C=O) groups is 3. The van der Waals surface area contributed by atoms with Gasteiger partial charge in [-0.1, -0.05) is 54.6 Å². The van der Waals surface area contributed by atoms with Gasteiger partial charge < -0.3 is 19.5 Å². The van der Waals surface area contributed by atoms with E-state index in [0.717, 1.165) is 11.1 Å². The Kier molecular flexibility index (Phi) is 8.09. The predicted octanol–water partition coefficient (Wildman–Crippen LogP) is 4.10. The second kappa shape index (κ2) is 11.9. The van der Waals surface area contributed by atoms with Crippen LogP contribution in [0, 0.1) is 11.3 Å². The van der Waals surface area contributed by atoms with Crippen LogP contribution < -0.4 is 10.3 Å². The van der Waals surface area contributed by atoms with Gasteiger partial charge in [0.15, 0.2) is 22.5 Å². The summed E-state index contributed by atoms with van der Waals surface area (Å²) in [6.07, 6.45) is 5.70. The fourth-order valence-electron chi connectivity index (χ4n) is 5.40. The highest BCUT2D eigenvalue weighted by Gasteiger charge is 2.49. The molecule has 12 heteroatoms. The number of aromatic nitrogens is 4. The van der Waals surface area contributed by atoms with E-state index < -0.39 is 41.5 Å². The van der Waals surface area contributed by atoms with Gasteiger partial charge >= 0.3 is 11.9 Å². The lowest BCUT2D eigenvalue weighted by Crippen LogP contribution is -2.43. The minimum absolute atomic E-state index is 0.178. The molecule has 41 heavy (non-hydrogen) atoms. The number of hydrogen-bond donors (Lipinski definition) is 2. The molecule has 1 saturated carbocycles. The first-order chi connectivity index (χ1) is 19.8. The fraction of sp³-hybridized carbons (Fsp3) is 0.414. The molecule has 5 rings (SSSR count). The normalized spacial score (nSPS) is 14.3. The molecule has 1 aliphatic carbocycles. The Morgan fingerprint density at radius 2 is 1.78 bits per heavy atom. The minimum atomic E-state index is -2.54. The summed E-state index contributed by atoms with van der Waals surface area (Å²) < 4.78 is 12.1. The maximum absolute atomic E-state index is 13.3. The molecule has 214 valence electrons. The van der Waals surface area contributed by atoms with Crippen molar-refractivity contribution in [1.82, 2.24) is 20.2 Å². The average molecular weight is 563 g/mol. The van der Waals surface area contributed by atoms with Crippen molar-refractivity contribution in [2.75, 3.05) is 6.61 Å². The highest BCUT2D eigenvalue weighted by molar-refractivity contribution is 6.10. The first-order valence-corrected chi connectivity index (χ1v) is 13.6. The number of fused-ring (bicyclic) bond motifs is 2. The molecule has 2 aromatic heterocycles. The summed E-state index contributed by atoms with van der Waals surface area (Å²) in [5, 5.41) is 32.1. The molecule has 2 aromatic carbocycles. The topological polar surface area (TPSA) is 175 Å². The Morgan fingerprint density at radius 1 is 1.02 bits per heavy atom. The lowest BCUT2D eigenvalue weighted by atomic mass is 9.79. The van der Waals surface area contributed by atoms with Gasteiger partial charge in [-0.3, -0.25) is 19.2 Å². The molecule has 4 aromatic rings. The first kappa shape index (κ1) is 27.9. The van der Waals surface area contributed by atoms with Crippen LogP contribution in [0.2, 0.25) is 0 Å². The number of carbonyl (C=O) groups excluding carboxylic acids is 1. The Balaban J connectivity index is 1.31. The van der Waals surface area contributed by atoms with Crippen LogP contribution in [-0.4, -0.2) is 54.7 Å². The second-order valence-electron chi connectivity index (χ2n) is 10.5. The third kappa shape index (κ3) is 5.81. The van der Waals surface area contributed by atoms with Gasteiger partial charge in [-0.25, -0.2) is 4.68 Å². The summed E-state index contributed by atoms with van der Waals surface area (Å²) >= 11 is 0. The largest absolute Gasteiger partial charge is 0.493 e. The van der Waals surface area contributed by atoms with Gasteiger partial charge in [-0.15, -0.1) is 5.10 Å². The van der Waals surface area contributed by atoms with E-state index in [1.54, 1.807) is 36.4 Å². The van der Waals surface area contributed by atoms with Crippen molar-refractivity contribution in [1.29, 1.82) is 0 Å². The summed E-state index contributed by atoms with van der Waals surface area (Å²) in [5.74, 6) is -3.05. The number of aliphatic carboxylic acids is 2. The van der Waals surface area contributed by atoms with Crippen LogP contribution >= 0.6 is 0 Å². The van der Waals surface area contributed by atoms with Crippen LogP contribution in [0.15, 0.2) is 51.8 Å². The zero-order valence-corrected chi connectivity index (χ0v) is 22.3. The predicted molar refractivity (Wildman–Crippen MR) is 146 cm³/mol. The van der Waals surface area contributed by atoms with Crippen molar-refractivity contribution < 1.29 is 33.9 Å². The standard InChI is InChI=1S/C29H30N4O8/c34-23(25-21-11-10-19(16-24(21)41-31-25)40-15-12-18-6-2-1-3-7-18)17-29(27(36)37,28(38)39)13-14-33-26(35)20-8-4-5-9-22(20)30-32-33/h4-5,8-11,16,18H,1-3,6-7,12-15,17H2,(H,36,37)(H,38,39). The van der Waals surface area contributed by atoms with Gasteiger partial charge in [0.05, 0.1) is 17.4 Å². The zero-order chi connectivity index (χ0) is 29.0. The molecule has 0 unspecified atom stereocenters. The molecule has 1 aliphatic rings. The molecule has 0 amide bonds. The highest BCUT2D eigenvalue weighted by atomic mass is 16.5. The van der Waals surface area contributed by atoms with Crippen molar-refractivity contribution in [3.8, 4) is 5.75 Å². The number of benzene rings is 2. The Labute approximate surface area is 233 Å². The highest BCUT2D eigenvalue weighted by Crippen LogP contribution is 2.33. The number of carboxylic acids is 2. The Hall–Kier alpha value is -4.61. The SMILES string of the molecule is O=C(CC(CCn1nnc2ccccc2c1=O)(C(=O)O)C(=O)O)c1noc2cc(OCCC3CCCCC3)ccc12. The van der Waals surface area contributed by atoms with E-state index in [1.165, 1.54) is 38.2 Å². The molecule has 0 radical (unpaired) electrons. The summed E-state index contributed by atoms with van der Waals surface area (Å²) in [6, 6.07) is 11.3. The molecular weight excluding hydrogens is 532 g/mol. The maximum Gasteiger partial charge on any atom is 0.321 e. The van der Waals surface area contributed by atoms with Crippen molar-refractivity contribution in [2.45, 2.75) is 57.9 Å². The number of ether oxygens (including phenoxy) is 1. The van der Waals surface area contributed by atoms with Crippen LogP contribution in [-0.2, 0) is 16.1 Å². The molecule has 1 fully saturated rings. The van der Waals surface area contributed by atoms with Gasteiger partial charge in [0.25, 0.3) is 5.56 Å². The van der Waals surface area contributed by atoms with E-state index in [-0.39, 0.29) is 23.2 Å². The van der Waals surface area contributed by atoms with Crippen LogP contribution in [0.25, 0.3) is 21.9 Å². The minimum Gasteiger partial charge on any atom is -0.493 e. The Morgan fingerprint density at radius 3 is 2.54 bits per heavy atom. The molecular formula is C29H30N4O8. The summed E-state index contributed by atoms with van der Waals surface area (Å²) in [4.78, 5) is 50.6. The first-order valence-electron chi connectivity index (χ1n) is 13.6. The van der Waals surface area contributed by atoms with E-state index in [2.05, 4.69) is 15.5 Å². The molecule has 2 heterocycles. The van der Waals surface area contributed by atoms with Crippen molar-refractivity contribution in [3.05, 3.63) is 58.5 Å². The van der Waals surface area contributed by atoms with Crippen LogP contribution in [0.1, 0.15) is 61.9 Å². The maximum atomic E-state index is 13.3. The summed E-state index contributed by atoms with van der Waals surface area (Å²) in [7, 11) is 0. The van der Waals surface area contributed by atoms with E-state index in [9.17, 15) is 29.4 Å². The number of aryl methyl sites for hydroxylation is 1. The molecule has 12 nitrogen and oxygen atoms in total. The zero-order valence-electron chi connectivity index (χ0n) is 22.3. The van der Waals surface area contributed by atoms with E-state index >= 15 is 0 Å². The number of carboxylic acid groups (broad SMARTS) is 2. The lowest BCUT2D eigenvalue weighted by molar-refractivity contribution is -0.165. The van der Waals surface area contributed by atoms with Crippen LogP contribution in [0.3, 0.4) is 0 Å². The molecule has 0 bridgehead atoms. The van der Waals surface area contributed by atoms with E-state index in [0.29, 0.717) is 29.2 Å². The molecule has 2 N–H and O–H groups in total. The smallest absolute Gasteiger partial charge is 0.321 e.